The fraction of sp³-hybridized carbons (Fsp3) is 0.300. The van der Waals surface area contributed by atoms with Gasteiger partial charge in [-0.2, -0.15) is 0 Å². The van der Waals surface area contributed by atoms with Crippen LogP contribution < -0.4 is 10.6 Å². The number of rotatable bonds is 4. The molecule has 5 nitrogen and oxygen atoms in total. The maximum atomic E-state index is 11.9. The second kappa shape index (κ2) is 7.83. The van der Waals surface area contributed by atoms with Crippen molar-refractivity contribution in [3.63, 3.8) is 0 Å². The number of hydrogen-bond donors (Lipinski definition) is 2. The highest BCUT2D eigenvalue weighted by Crippen LogP contribution is 2.31. The van der Waals surface area contributed by atoms with Gasteiger partial charge in [-0.1, -0.05) is 48.5 Å². The zero-order chi connectivity index (χ0) is 17.6. The number of aliphatic imine (C=N–C) groups is 1. The minimum Gasteiger partial charge on any atom is -0.356 e. The molecule has 3 rings (SSSR count). The molecule has 0 aliphatic carbocycles. The number of anilines is 1. The Balaban J connectivity index is 1.69. The molecule has 1 unspecified atom stereocenters. The van der Waals surface area contributed by atoms with Crippen LogP contribution in [0, 0.1) is 0 Å². The van der Waals surface area contributed by atoms with Crippen LogP contribution >= 0.6 is 0 Å². The van der Waals surface area contributed by atoms with Crippen LogP contribution in [-0.2, 0) is 11.3 Å². The van der Waals surface area contributed by atoms with Crippen molar-refractivity contribution in [3.8, 4) is 0 Å². The third-order valence-corrected chi connectivity index (χ3v) is 4.29. The van der Waals surface area contributed by atoms with E-state index in [1.54, 1.807) is 0 Å². The number of nitrogens with zero attached hydrogens (tertiary/aromatic N) is 2. The first kappa shape index (κ1) is 17.0. The van der Waals surface area contributed by atoms with Crippen molar-refractivity contribution >= 4 is 17.6 Å². The SMILES string of the molecule is CN(C)C(=NCc1ccccc1)NCC1CC(=O)Nc2ccccc21. The minimum atomic E-state index is 0.0677. The Morgan fingerprint density at radius 3 is 2.64 bits per heavy atom. The van der Waals surface area contributed by atoms with E-state index >= 15 is 0 Å². The van der Waals surface area contributed by atoms with Gasteiger partial charge in [0, 0.05) is 38.7 Å². The smallest absolute Gasteiger partial charge is 0.225 e. The number of nitrogens with one attached hydrogen (secondary N) is 2. The van der Waals surface area contributed by atoms with Crippen LogP contribution in [0.4, 0.5) is 5.69 Å². The van der Waals surface area contributed by atoms with Crippen LogP contribution in [-0.4, -0.2) is 37.4 Å². The zero-order valence-corrected chi connectivity index (χ0v) is 14.7. The molecular weight excluding hydrogens is 312 g/mol. The standard InChI is InChI=1S/C20H24N4O/c1-24(2)20(21-13-15-8-4-3-5-9-15)22-14-16-12-19(25)23-18-11-7-6-10-17(16)18/h3-11,16H,12-14H2,1-2H3,(H,21,22)(H,23,25). The molecule has 5 heteroatoms. The van der Waals surface area contributed by atoms with Crippen molar-refractivity contribution in [2.75, 3.05) is 26.0 Å². The molecule has 2 aromatic carbocycles. The van der Waals surface area contributed by atoms with Crippen molar-refractivity contribution in [2.24, 2.45) is 4.99 Å². The molecule has 0 saturated carbocycles. The quantitative estimate of drug-likeness (QED) is 0.667. The maximum absolute atomic E-state index is 11.9. The Hall–Kier alpha value is -2.82. The fourth-order valence-electron chi connectivity index (χ4n) is 3.00. The highest BCUT2D eigenvalue weighted by Gasteiger charge is 2.24. The number of amides is 1. The summed E-state index contributed by atoms with van der Waals surface area (Å²) in [6.07, 6.45) is 0.489. The van der Waals surface area contributed by atoms with E-state index in [0.29, 0.717) is 19.5 Å². The van der Waals surface area contributed by atoms with Gasteiger partial charge in [0.05, 0.1) is 6.54 Å². The van der Waals surface area contributed by atoms with Crippen LogP contribution in [0.25, 0.3) is 0 Å². The predicted molar refractivity (Wildman–Crippen MR) is 102 cm³/mol. The van der Waals surface area contributed by atoms with Gasteiger partial charge in [-0.25, -0.2) is 4.99 Å². The molecule has 2 N–H and O–H groups in total. The second-order valence-electron chi connectivity index (χ2n) is 6.44. The summed E-state index contributed by atoms with van der Waals surface area (Å²) in [5, 5.41) is 6.36. The highest BCUT2D eigenvalue weighted by molar-refractivity contribution is 5.94. The summed E-state index contributed by atoms with van der Waals surface area (Å²) in [4.78, 5) is 18.6. The van der Waals surface area contributed by atoms with E-state index in [1.807, 2.05) is 55.4 Å². The van der Waals surface area contributed by atoms with Crippen LogP contribution in [0.5, 0.6) is 0 Å². The molecule has 0 spiro atoms. The third kappa shape index (κ3) is 4.38. The summed E-state index contributed by atoms with van der Waals surface area (Å²) >= 11 is 0. The van der Waals surface area contributed by atoms with E-state index in [4.69, 9.17) is 0 Å². The van der Waals surface area contributed by atoms with E-state index in [2.05, 4.69) is 33.8 Å². The molecule has 0 bridgehead atoms. The monoisotopic (exact) mass is 336 g/mol. The summed E-state index contributed by atoms with van der Waals surface area (Å²) in [7, 11) is 3.94. The number of carbonyl (C=O) groups excluding carboxylic acids is 1. The van der Waals surface area contributed by atoms with Crippen molar-refractivity contribution in [3.05, 3.63) is 65.7 Å². The first-order valence-corrected chi connectivity index (χ1v) is 8.52. The van der Waals surface area contributed by atoms with Crippen LogP contribution in [0.1, 0.15) is 23.5 Å². The Labute approximate surface area is 148 Å². The van der Waals surface area contributed by atoms with E-state index in [0.717, 1.165) is 11.6 Å². The minimum absolute atomic E-state index is 0.0677. The molecule has 1 amide bonds. The summed E-state index contributed by atoms with van der Waals surface area (Å²) in [6, 6.07) is 18.2. The molecule has 0 saturated heterocycles. The zero-order valence-electron chi connectivity index (χ0n) is 14.7. The number of carbonyl (C=O) groups is 1. The van der Waals surface area contributed by atoms with Crippen LogP contribution in [0.2, 0.25) is 0 Å². The van der Waals surface area contributed by atoms with Crippen molar-refractivity contribution in [1.29, 1.82) is 0 Å². The van der Waals surface area contributed by atoms with E-state index in [-0.39, 0.29) is 11.8 Å². The summed E-state index contributed by atoms with van der Waals surface area (Å²) in [5.41, 5.74) is 3.26. The van der Waals surface area contributed by atoms with Gasteiger partial charge in [-0.3, -0.25) is 4.79 Å². The predicted octanol–water partition coefficient (Wildman–Crippen LogP) is 2.82. The number of guanidine groups is 1. The van der Waals surface area contributed by atoms with Crippen LogP contribution in [0.15, 0.2) is 59.6 Å². The number of fused-ring (bicyclic) bond motifs is 1. The summed E-state index contributed by atoms with van der Waals surface area (Å²) < 4.78 is 0. The summed E-state index contributed by atoms with van der Waals surface area (Å²) in [5.74, 6) is 1.04. The molecule has 2 aromatic rings. The van der Waals surface area contributed by atoms with Gasteiger partial charge in [0.1, 0.15) is 0 Å². The van der Waals surface area contributed by atoms with Gasteiger partial charge in [0.2, 0.25) is 5.91 Å². The summed E-state index contributed by atoms with van der Waals surface area (Å²) in [6.45, 7) is 1.30. The molecule has 0 fully saturated rings. The molecule has 1 atom stereocenters. The van der Waals surface area contributed by atoms with Crippen molar-refractivity contribution in [2.45, 2.75) is 18.9 Å². The van der Waals surface area contributed by atoms with Gasteiger partial charge in [-0.05, 0) is 17.2 Å². The Kier molecular flexibility index (Phi) is 5.33. The second-order valence-corrected chi connectivity index (χ2v) is 6.44. The molecule has 0 aromatic heterocycles. The average Bonchev–Trinajstić information content (AvgIpc) is 2.62. The van der Waals surface area contributed by atoms with Gasteiger partial charge in [0.15, 0.2) is 5.96 Å². The molecule has 1 heterocycles. The largest absolute Gasteiger partial charge is 0.356 e. The lowest BCUT2D eigenvalue weighted by Crippen LogP contribution is -2.40. The van der Waals surface area contributed by atoms with E-state index in [9.17, 15) is 4.79 Å². The molecule has 25 heavy (non-hydrogen) atoms. The molecule has 0 radical (unpaired) electrons. The number of para-hydroxylation sites is 1. The molecular formula is C20H24N4O. The number of benzene rings is 2. The highest BCUT2D eigenvalue weighted by atomic mass is 16.1. The fourth-order valence-corrected chi connectivity index (χ4v) is 3.00. The Morgan fingerprint density at radius 2 is 1.88 bits per heavy atom. The topological polar surface area (TPSA) is 56.7 Å². The van der Waals surface area contributed by atoms with Gasteiger partial charge >= 0.3 is 0 Å². The van der Waals surface area contributed by atoms with Crippen LogP contribution in [0.3, 0.4) is 0 Å². The Bertz CT molecular complexity index is 755. The van der Waals surface area contributed by atoms with Crippen molar-refractivity contribution in [1.82, 2.24) is 10.2 Å². The average molecular weight is 336 g/mol. The molecule has 1 aliphatic heterocycles. The van der Waals surface area contributed by atoms with Gasteiger partial charge in [0.25, 0.3) is 0 Å². The molecule has 1 aliphatic rings. The van der Waals surface area contributed by atoms with E-state index < -0.39 is 0 Å². The maximum Gasteiger partial charge on any atom is 0.225 e. The van der Waals surface area contributed by atoms with E-state index in [1.165, 1.54) is 11.1 Å². The van der Waals surface area contributed by atoms with Crippen molar-refractivity contribution < 1.29 is 4.79 Å². The van der Waals surface area contributed by atoms with Gasteiger partial charge < -0.3 is 15.5 Å². The lowest BCUT2D eigenvalue weighted by Gasteiger charge is -2.27. The normalized spacial score (nSPS) is 16.8. The Morgan fingerprint density at radius 1 is 1.16 bits per heavy atom. The lowest BCUT2D eigenvalue weighted by atomic mass is 9.90. The lowest BCUT2D eigenvalue weighted by molar-refractivity contribution is -0.116. The van der Waals surface area contributed by atoms with Gasteiger partial charge in [-0.15, -0.1) is 0 Å². The third-order valence-electron chi connectivity index (χ3n) is 4.29. The molecule has 130 valence electrons. The number of hydrogen-bond acceptors (Lipinski definition) is 2. The first-order valence-electron chi connectivity index (χ1n) is 8.52. The first-order chi connectivity index (χ1) is 12.1.